The fourth-order valence-corrected chi connectivity index (χ4v) is 5.19. The van der Waals surface area contributed by atoms with E-state index in [0.717, 1.165) is 44.6 Å². The van der Waals surface area contributed by atoms with Gasteiger partial charge in [-0.2, -0.15) is 0 Å². The minimum atomic E-state index is -0.448. The van der Waals surface area contributed by atoms with Gasteiger partial charge in [0.15, 0.2) is 5.96 Å². The molecule has 1 aliphatic carbocycles. The summed E-state index contributed by atoms with van der Waals surface area (Å²) in [6.45, 7) is 6.74. The minimum absolute atomic E-state index is 0. The van der Waals surface area contributed by atoms with Crippen molar-refractivity contribution in [2.45, 2.75) is 89.4 Å². The van der Waals surface area contributed by atoms with E-state index in [0.29, 0.717) is 11.5 Å². The van der Waals surface area contributed by atoms with Crippen LogP contribution >= 0.6 is 24.0 Å². The quantitative estimate of drug-likeness (QED) is 0.314. The van der Waals surface area contributed by atoms with E-state index in [1.165, 1.54) is 18.4 Å². The zero-order valence-corrected chi connectivity index (χ0v) is 22.2. The lowest BCUT2D eigenvalue weighted by atomic mass is 9.96. The molecule has 2 saturated heterocycles. The molecule has 6 nitrogen and oxygen atoms in total. The Bertz CT molecular complexity index is 790. The van der Waals surface area contributed by atoms with Crippen LogP contribution in [0.3, 0.4) is 0 Å². The zero-order chi connectivity index (χ0) is 22.1. The van der Waals surface area contributed by atoms with E-state index in [9.17, 15) is 4.79 Å². The molecule has 0 aromatic heterocycles. The number of hydrogen-bond acceptors (Lipinski definition) is 3. The lowest BCUT2D eigenvalue weighted by Crippen LogP contribution is -2.55. The lowest BCUT2D eigenvalue weighted by molar-refractivity contribution is 0.00544. The highest BCUT2D eigenvalue weighted by molar-refractivity contribution is 14.0. The molecule has 2 aliphatic heterocycles. The van der Waals surface area contributed by atoms with Gasteiger partial charge in [0.2, 0.25) is 0 Å². The largest absolute Gasteiger partial charge is 0.444 e. The second-order valence-electron chi connectivity index (χ2n) is 10.7. The van der Waals surface area contributed by atoms with Crippen LogP contribution in [0.2, 0.25) is 0 Å². The van der Waals surface area contributed by atoms with Crippen LogP contribution in [0.1, 0.15) is 64.9 Å². The molecule has 4 rings (SSSR count). The van der Waals surface area contributed by atoms with Gasteiger partial charge >= 0.3 is 6.09 Å². The third kappa shape index (κ3) is 6.29. The third-order valence-electron chi connectivity index (χ3n) is 6.91. The third-order valence-corrected chi connectivity index (χ3v) is 6.91. The molecule has 1 aromatic rings. The monoisotopic (exact) mass is 554 g/mol. The Kier molecular flexibility index (Phi) is 7.99. The molecule has 2 unspecified atom stereocenters. The van der Waals surface area contributed by atoms with Crippen LogP contribution in [0.5, 0.6) is 0 Å². The standard InChI is InChI=1S/C25H38N4O2.HI/c1-24(2,3)31-23(30)29-20-10-11-21(29)15-19(14-20)28-22(26-4)27-17-25(12-13-25)16-18-8-6-5-7-9-18;/h5-9,19-21H,10-17H2,1-4H3,(H2,26,27,28);1H. The van der Waals surface area contributed by atoms with E-state index in [2.05, 4.69) is 46.0 Å². The first kappa shape index (κ1) is 25.1. The van der Waals surface area contributed by atoms with Crippen LogP contribution in [0.25, 0.3) is 0 Å². The number of nitrogens with zero attached hydrogens (tertiary/aromatic N) is 2. The number of nitrogens with one attached hydrogen (secondary N) is 2. The number of benzene rings is 1. The molecular weight excluding hydrogens is 515 g/mol. The van der Waals surface area contributed by atoms with Gasteiger partial charge in [0, 0.05) is 31.7 Å². The molecule has 2 N–H and O–H groups in total. The van der Waals surface area contributed by atoms with Crippen molar-refractivity contribution in [2.75, 3.05) is 13.6 Å². The Morgan fingerprint density at radius 1 is 1.16 bits per heavy atom. The topological polar surface area (TPSA) is 66.0 Å². The molecule has 1 amide bonds. The second-order valence-corrected chi connectivity index (χ2v) is 10.7. The molecule has 3 aliphatic rings. The summed E-state index contributed by atoms with van der Waals surface area (Å²) in [4.78, 5) is 19.2. The molecule has 0 radical (unpaired) electrons. The average Bonchev–Trinajstić information content (AvgIpc) is 3.41. The number of ether oxygens (including phenoxy) is 1. The van der Waals surface area contributed by atoms with Crippen LogP contribution < -0.4 is 10.6 Å². The van der Waals surface area contributed by atoms with E-state index >= 15 is 0 Å². The first-order valence-corrected chi connectivity index (χ1v) is 11.8. The molecule has 0 spiro atoms. The number of rotatable bonds is 5. The van der Waals surface area contributed by atoms with Crippen molar-refractivity contribution in [1.82, 2.24) is 15.5 Å². The maximum absolute atomic E-state index is 12.7. The normalized spacial score (nSPS) is 26.2. The lowest BCUT2D eigenvalue weighted by Gasteiger charge is -2.40. The van der Waals surface area contributed by atoms with Crippen molar-refractivity contribution in [1.29, 1.82) is 0 Å². The maximum atomic E-state index is 12.7. The Hall–Kier alpha value is -1.51. The second kappa shape index (κ2) is 10.2. The highest BCUT2D eigenvalue weighted by atomic mass is 127. The van der Waals surface area contributed by atoms with Crippen LogP contribution in [0, 0.1) is 5.41 Å². The van der Waals surface area contributed by atoms with Gasteiger partial charge in [-0.1, -0.05) is 30.3 Å². The summed E-state index contributed by atoms with van der Waals surface area (Å²) >= 11 is 0. The molecule has 3 fully saturated rings. The molecular formula is C25H39IN4O2. The van der Waals surface area contributed by atoms with E-state index in [-0.39, 0.29) is 42.2 Å². The molecule has 2 bridgehead atoms. The summed E-state index contributed by atoms with van der Waals surface area (Å²) in [5.74, 6) is 0.884. The summed E-state index contributed by atoms with van der Waals surface area (Å²) < 4.78 is 5.66. The molecule has 2 heterocycles. The highest BCUT2D eigenvalue weighted by Gasteiger charge is 2.45. The van der Waals surface area contributed by atoms with E-state index in [1.807, 2.05) is 32.7 Å². The SMILES string of the molecule is CN=C(NCC1(Cc2ccccc2)CC1)NC1CC2CCC(C1)N2C(=O)OC(C)(C)C.I. The van der Waals surface area contributed by atoms with Gasteiger partial charge in [0.25, 0.3) is 0 Å². The Morgan fingerprint density at radius 3 is 2.31 bits per heavy atom. The summed E-state index contributed by atoms with van der Waals surface area (Å²) in [6, 6.07) is 11.6. The number of fused-ring (bicyclic) bond motifs is 2. The van der Waals surface area contributed by atoms with Crippen molar-refractivity contribution in [2.24, 2.45) is 10.4 Å². The van der Waals surface area contributed by atoms with Crippen molar-refractivity contribution in [3.05, 3.63) is 35.9 Å². The predicted molar refractivity (Wildman–Crippen MR) is 140 cm³/mol. The molecule has 1 aromatic carbocycles. The molecule has 178 valence electrons. The number of halogens is 1. The van der Waals surface area contributed by atoms with Gasteiger partial charge in [0.05, 0.1) is 0 Å². The number of guanidine groups is 1. The van der Waals surface area contributed by atoms with Gasteiger partial charge in [0.1, 0.15) is 5.60 Å². The fraction of sp³-hybridized carbons (Fsp3) is 0.680. The molecule has 2 atom stereocenters. The number of hydrogen-bond donors (Lipinski definition) is 2. The van der Waals surface area contributed by atoms with Crippen LogP contribution in [0.4, 0.5) is 4.79 Å². The Labute approximate surface area is 210 Å². The fourth-order valence-electron chi connectivity index (χ4n) is 5.19. The molecule has 1 saturated carbocycles. The first-order chi connectivity index (χ1) is 14.8. The van der Waals surface area contributed by atoms with Crippen LogP contribution in [-0.2, 0) is 11.2 Å². The predicted octanol–water partition coefficient (Wildman–Crippen LogP) is 4.72. The Balaban J connectivity index is 0.00000289. The maximum Gasteiger partial charge on any atom is 0.410 e. The average molecular weight is 555 g/mol. The molecule has 7 heteroatoms. The van der Waals surface area contributed by atoms with Crippen LogP contribution in [-0.4, -0.2) is 54.3 Å². The number of piperidine rings is 1. The van der Waals surface area contributed by atoms with E-state index < -0.39 is 5.60 Å². The van der Waals surface area contributed by atoms with Gasteiger partial charge in [-0.15, -0.1) is 24.0 Å². The number of amides is 1. The number of aliphatic imine (C=N–C) groups is 1. The number of carbonyl (C=O) groups excluding carboxylic acids is 1. The van der Waals surface area contributed by atoms with E-state index in [1.54, 1.807) is 0 Å². The highest BCUT2D eigenvalue weighted by Crippen LogP contribution is 2.47. The van der Waals surface area contributed by atoms with Gasteiger partial charge in [-0.05, 0) is 76.7 Å². The summed E-state index contributed by atoms with van der Waals surface area (Å²) in [5.41, 5.74) is 1.32. The van der Waals surface area contributed by atoms with Crippen molar-refractivity contribution in [3.63, 3.8) is 0 Å². The summed E-state index contributed by atoms with van der Waals surface area (Å²) in [6.07, 6.45) is 7.53. The van der Waals surface area contributed by atoms with Crippen molar-refractivity contribution in [3.8, 4) is 0 Å². The van der Waals surface area contributed by atoms with Crippen molar-refractivity contribution >= 4 is 36.0 Å². The smallest absolute Gasteiger partial charge is 0.410 e. The first-order valence-electron chi connectivity index (χ1n) is 11.8. The summed E-state index contributed by atoms with van der Waals surface area (Å²) in [7, 11) is 1.84. The minimum Gasteiger partial charge on any atom is -0.444 e. The van der Waals surface area contributed by atoms with Crippen LogP contribution in [0.15, 0.2) is 35.3 Å². The number of carbonyl (C=O) groups is 1. The molecule has 32 heavy (non-hydrogen) atoms. The zero-order valence-electron chi connectivity index (χ0n) is 19.9. The van der Waals surface area contributed by atoms with Crippen molar-refractivity contribution < 1.29 is 9.53 Å². The van der Waals surface area contributed by atoms with E-state index in [4.69, 9.17) is 4.74 Å². The Morgan fingerprint density at radius 2 is 1.78 bits per heavy atom. The van der Waals surface area contributed by atoms with Gasteiger partial charge in [-0.3, -0.25) is 4.99 Å². The summed E-state index contributed by atoms with van der Waals surface area (Å²) in [5, 5.41) is 7.23. The van der Waals surface area contributed by atoms with Gasteiger partial charge in [-0.25, -0.2) is 4.79 Å². The van der Waals surface area contributed by atoms with Gasteiger partial charge < -0.3 is 20.3 Å².